The lowest BCUT2D eigenvalue weighted by Crippen LogP contribution is -2.08. The number of aryl methyl sites for hydroxylation is 28. The Bertz CT molecular complexity index is 4030. The lowest BCUT2D eigenvalue weighted by molar-refractivity contribution is 0.635. The van der Waals surface area contributed by atoms with Gasteiger partial charge < -0.3 is 0 Å². The largest absolute Gasteiger partial charge is 0.103 e. The SMILES string of the molecule is C=CCCCCc1cc(C)c(CCCCC=C)cc1C.CC(C)=CCCCCc1cc(C)c(CCCCC=C(C)C)cc1C.Cc1cc(CCCCCCc2ccc3c(c2)CC3)c(C)cc1CCCCCCc1ccc2c(c1)CC2.Cc1cc(CCCCc2ccc3c(c2)CC3)c(C)cc1CCCCc1ccc2c(c1)CC2. The molecule has 0 heterocycles. The standard InChI is InChI=1S/C36H46.C32H38.C24H38.C20H30/c1-27-23-34(14-10-6-4-8-12-30-16-18-32-20-22-36(32)26-30)28(2)24-33(27)13-9-5-3-7-11-29-15-17-31-19-21-35(31)25-29;1-23-19-30(10-6-4-8-26-12-14-28-16-18-32(28)22-26)24(2)20-29(23)9-5-3-7-25-11-13-27-15-17-31(27)21-25;1-19(2)13-9-7-11-15-23-17-22(6)24(18-21(23)5)16-12-8-10-14-20(3)4;1-5-7-9-11-13-19-15-18(4)20(16-17(19)3)14-12-10-8-6-2/h15-18,23-26H,3-14,19-22H2,1-2H3;11-14,19-22H,3-10,15-18H2,1-2H3;13-14,17-18H,7-12,15-16H2,1-6H3;5-6,15-16H,1-2,7-14H2,3-4H3. The fourth-order valence-corrected chi connectivity index (χ4v) is 17.7. The molecule has 0 spiro atoms. The molecular formula is C112H152. The Balaban J connectivity index is 0.000000176. The van der Waals surface area contributed by atoms with Crippen LogP contribution in [-0.2, 0) is 128 Å². The molecule has 0 aliphatic heterocycles. The van der Waals surface area contributed by atoms with Crippen molar-refractivity contribution in [3.05, 3.63) is 326 Å². The maximum Gasteiger partial charge on any atom is -0.0235 e. The van der Waals surface area contributed by atoms with Crippen molar-refractivity contribution in [3.8, 4) is 0 Å². The molecule has 112 heavy (non-hydrogen) atoms. The first-order valence-electron chi connectivity index (χ1n) is 45.7. The maximum atomic E-state index is 3.78. The summed E-state index contributed by atoms with van der Waals surface area (Å²) in [6.07, 6.45) is 64.8. The summed E-state index contributed by atoms with van der Waals surface area (Å²) in [5, 5.41) is 0. The molecule has 0 saturated carbocycles. The van der Waals surface area contributed by atoms with Crippen LogP contribution in [-0.4, -0.2) is 0 Å². The molecule has 0 heteroatoms. The number of unbranched alkanes of at least 4 members (excludes halogenated alkanes) is 16. The van der Waals surface area contributed by atoms with Gasteiger partial charge in [-0.2, -0.15) is 0 Å². The molecule has 0 atom stereocenters. The molecule has 4 aliphatic carbocycles. The van der Waals surface area contributed by atoms with Gasteiger partial charge in [0, 0.05) is 0 Å². The van der Waals surface area contributed by atoms with Crippen molar-refractivity contribution >= 4 is 0 Å². The summed E-state index contributed by atoms with van der Waals surface area (Å²) in [5.41, 5.74) is 46.2. The Morgan fingerprint density at radius 3 is 0.580 bits per heavy atom. The Kier molecular flexibility index (Phi) is 38.1. The first-order valence-corrected chi connectivity index (χ1v) is 45.7. The molecule has 0 amide bonds. The molecule has 4 aliphatic rings. The van der Waals surface area contributed by atoms with Crippen LogP contribution in [0, 0.1) is 55.4 Å². The second kappa shape index (κ2) is 48.2. The van der Waals surface area contributed by atoms with Crippen LogP contribution in [0.4, 0.5) is 0 Å². The van der Waals surface area contributed by atoms with E-state index in [-0.39, 0.29) is 0 Å². The van der Waals surface area contributed by atoms with Crippen molar-refractivity contribution < 1.29 is 0 Å². The van der Waals surface area contributed by atoms with Gasteiger partial charge in [0.1, 0.15) is 0 Å². The Morgan fingerprint density at radius 2 is 0.393 bits per heavy atom. The van der Waals surface area contributed by atoms with Crippen LogP contribution in [0.15, 0.2) is 170 Å². The molecular weight excluding hydrogens is 1350 g/mol. The highest BCUT2D eigenvalue weighted by Gasteiger charge is 2.18. The third kappa shape index (κ3) is 29.8. The average molecular weight is 1500 g/mol. The van der Waals surface area contributed by atoms with Gasteiger partial charge in [-0.15, -0.1) is 13.2 Å². The van der Waals surface area contributed by atoms with E-state index in [1.807, 2.05) is 12.2 Å². The predicted octanol–water partition coefficient (Wildman–Crippen LogP) is 30.6. The number of hydrogen-bond donors (Lipinski definition) is 0. The minimum absolute atomic E-state index is 1.14. The highest BCUT2D eigenvalue weighted by atomic mass is 14.2. The van der Waals surface area contributed by atoms with Crippen LogP contribution < -0.4 is 0 Å². The van der Waals surface area contributed by atoms with Gasteiger partial charge in [0.25, 0.3) is 0 Å². The van der Waals surface area contributed by atoms with Crippen LogP contribution in [0.5, 0.6) is 0 Å². The minimum Gasteiger partial charge on any atom is -0.103 e. The summed E-state index contributed by atoms with van der Waals surface area (Å²) < 4.78 is 0. The quantitative estimate of drug-likeness (QED) is 0.0264. The molecule has 0 radical (unpaired) electrons. The zero-order chi connectivity index (χ0) is 79.4. The normalized spacial score (nSPS) is 12.5. The molecule has 0 fully saturated rings. The number of rotatable bonds is 44. The molecule has 0 nitrogen and oxygen atoms in total. The fourth-order valence-electron chi connectivity index (χ4n) is 17.7. The molecule has 0 aromatic heterocycles. The number of allylic oxidation sites excluding steroid dienone is 6. The lowest BCUT2D eigenvalue weighted by Gasteiger charge is -2.19. The van der Waals surface area contributed by atoms with Crippen molar-refractivity contribution in [2.24, 2.45) is 0 Å². The van der Waals surface area contributed by atoms with Crippen molar-refractivity contribution in [2.75, 3.05) is 0 Å². The summed E-state index contributed by atoms with van der Waals surface area (Å²) in [6.45, 7) is 34.7. The second-order valence-electron chi connectivity index (χ2n) is 35.6. The fraction of sp³-hybridized carbons (Fsp3) is 0.500. The van der Waals surface area contributed by atoms with E-state index < -0.39 is 0 Å². The second-order valence-corrected chi connectivity index (χ2v) is 35.6. The summed E-state index contributed by atoms with van der Waals surface area (Å²) >= 11 is 0. The highest BCUT2D eigenvalue weighted by molar-refractivity contribution is 5.45. The van der Waals surface area contributed by atoms with Crippen LogP contribution in [0.25, 0.3) is 0 Å². The molecule has 8 aromatic carbocycles. The van der Waals surface area contributed by atoms with Crippen molar-refractivity contribution in [1.29, 1.82) is 0 Å². The van der Waals surface area contributed by atoms with E-state index in [1.54, 1.807) is 89.0 Å². The van der Waals surface area contributed by atoms with E-state index in [4.69, 9.17) is 0 Å². The van der Waals surface area contributed by atoms with Gasteiger partial charge in [-0.1, -0.05) is 182 Å². The lowest BCUT2D eigenvalue weighted by atomic mass is 9.86. The van der Waals surface area contributed by atoms with Gasteiger partial charge in [0.05, 0.1) is 0 Å². The Labute approximate surface area is 686 Å². The molecule has 600 valence electrons. The third-order valence-corrected chi connectivity index (χ3v) is 25.7. The van der Waals surface area contributed by atoms with Gasteiger partial charge in [0.15, 0.2) is 0 Å². The van der Waals surface area contributed by atoms with E-state index in [0.717, 1.165) is 12.8 Å². The topological polar surface area (TPSA) is 0 Å². The Hall–Kier alpha value is -7.28. The van der Waals surface area contributed by atoms with E-state index >= 15 is 0 Å². The van der Waals surface area contributed by atoms with Gasteiger partial charge in [-0.05, 0) is 496 Å². The van der Waals surface area contributed by atoms with Crippen LogP contribution >= 0.6 is 0 Å². The first kappa shape index (κ1) is 88.7. The van der Waals surface area contributed by atoms with Gasteiger partial charge >= 0.3 is 0 Å². The van der Waals surface area contributed by atoms with Crippen molar-refractivity contribution in [3.63, 3.8) is 0 Å². The predicted molar refractivity (Wildman–Crippen MR) is 494 cm³/mol. The smallest absolute Gasteiger partial charge is 0.0235 e. The summed E-state index contributed by atoms with van der Waals surface area (Å²) in [6, 6.07) is 48.3. The van der Waals surface area contributed by atoms with Crippen LogP contribution in [0.3, 0.4) is 0 Å². The minimum atomic E-state index is 1.14. The van der Waals surface area contributed by atoms with E-state index in [0.29, 0.717) is 0 Å². The summed E-state index contributed by atoms with van der Waals surface area (Å²) in [7, 11) is 0. The molecule has 0 saturated heterocycles. The Morgan fingerprint density at radius 1 is 0.214 bits per heavy atom. The van der Waals surface area contributed by atoms with Crippen molar-refractivity contribution in [1.82, 2.24) is 0 Å². The molecule has 12 rings (SSSR count). The molecule has 8 aromatic rings. The van der Waals surface area contributed by atoms with E-state index in [1.165, 1.54) is 348 Å². The average Bonchev–Trinajstić information content (AvgIpc) is 0.686. The van der Waals surface area contributed by atoms with Gasteiger partial charge in [-0.3, -0.25) is 0 Å². The monoisotopic (exact) mass is 1500 g/mol. The number of benzene rings is 8. The molecule has 0 bridgehead atoms. The van der Waals surface area contributed by atoms with Crippen molar-refractivity contribution in [2.45, 2.75) is 366 Å². The highest BCUT2D eigenvalue weighted by Crippen LogP contribution is 2.31. The molecule has 0 N–H and O–H groups in total. The van der Waals surface area contributed by atoms with Gasteiger partial charge in [-0.25, -0.2) is 0 Å². The first-order chi connectivity index (χ1) is 54.4. The van der Waals surface area contributed by atoms with Crippen LogP contribution in [0.1, 0.15) is 338 Å². The van der Waals surface area contributed by atoms with Crippen LogP contribution in [0.2, 0.25) is 0 Å². The van der Waals surface area contributed by atoms with Gasteiger partial charge in [0.2, 0.25) is 0 Å². The van der Waals surface area contributed by atoms with E-state index in [9.17, 15) is 0 Å². The molecule has 0 unspecified atom stereocenters. The summed E-state index contributed by atoms with van der Waals surface area (Å²) in [4.78, 5) is 0. The summed E-state index contributed by atoms with van der Waals surface area (Å²) in [5.74, 6) is 0. The maximum absolute atomic E-state index is 3.78. The van der Waals surface area contributed by atoms with E-state index in [2.05, 4.69) is 230 Å². The number of fused-ring (bicyclic) bond motifs is 4. The zero-order valence-corrected chi connectivity index (χ0v) is 73.4. The number of hydrogen-bond acceptors (Lipinski definition) is 0. The zero-order valence-electron chi connectivity index (χ0n) is 73.4. The third-order valence-electron chi connectivity index (χ3n) is 25.7.